The van der Waals surface area contributed by atoms with E-state index in [4.69, 9.17) is 0 Å². The maximum Gasteiger partial charge on any atom is 0.391 e. The lowest BCUT2D eigenvalue weighted by Gasteiger charge is -2.18. The first-order valence-corrected chi connectivity index (χ1v) is 8.12. The van der Waals surface area contributed by atoms with Gasteiger partial charge in [-0.3, -0.25) is 9.78 Å². The number of rotatable bonds is 5. The second kappa shape index (κ2) is 6.73. The predicted octanol–water partition coefficient (Wildman–Crippen LogP) is 2.01. The van der Waals surface area contributed by atoms with Gasteiger partial charge in [-0.25, -0.2) is 8.42 Å². The smallest absolute Gasteiger partial charge is 0.391 e. The fourth-order valence-corrected chi connectivity index (χ4v) is 3.16. The third kappa shape index (κ3) is 4.42. The summed E-state index contributed by atoms with van der Waals surface area (Å²) in [6, 6.07) is 5.81. The number of esters is 1. The molecule has 10 heteroatoms. The van der Waals surface area contributed by atoms with Crippen LogP contribution in [0, 0.1) is 0 Å². The molecule has 6 nitrogen and oxygen atoms in total. The van der Waals surface area contributed by atoms with Crippen LogP contribution in [-0.4, -0.2) is 38.7 Å². The number of fused-ring (bicyclic) bond motifs is 1. The highest BCUT2D eigenvalue weighted by molar-refractivity contribution is 7.89. The third-order valence-corrected chi connectivity index (χ3v) is 4.53. The quantitative estimate of drug-likeness (QED) is 0.823. The molecule has 24 heavy (non-hydrogen) atoms. The Bertz CT molecular complexity index is 852. The van der Waals surface area contributed by atoms with Crippen LogP contribution < -0.4 is 4.72 Å². The van der Waals surface area contributed by atoms with Crippen LogP contribution in [0.4, 0.5) is 13.2 Å². The van der Waals surface area contributed by atoms with Gasteiger partial charge < -0.3 is 4.74 Å². The molecule has 1 atom stereocenters. The molecule has 2 aromatic rings. The number of alkyl halides is 3. The van der Waals surface area contributed by atoms with Gasteiger partial charge in [-0.2, -0.15) is 17.9 Å². The SMILES string of the molecule is COC(=O)C(CC(F)(F)F)NS(=O)(=O)c1cnc2ccccc2c1. The van der Waals surface area contributed by atoms with Gasteiger partial charge in [0, 0.05) is 11.6 Å². The summed E-state index contributed by atoms with van der Waals surface area (Å²) in [4.78, 5) is 15.0. The van der Waals surface area contributed by atoms with Gasteiger partial charge in [-0.1, -0.05) is 18.2 Å². The van der Waals surface area contributed by atoms with Crippen molar-refractivity contribution >= 4 is 26.9 Å². The number of hydrogen-bond acceptors (Lipinski definition) is 5. The number of aromatic nitrogens is 1. The molecular weight excluding hydrogens is 349 g/mol. The van der Waals surface area contributed by atoms with Crippen LogP contribution in [0.3, 0.4) is 0 Å². The van der Waals surface area contributed by atoms with Gasteiger partial charge in [0.2, 0.25) is 10.0 Å². The summed E-state index contributed by atoms with van der Waals surface area (Å²) in [6.07, 6.45) is -5.42. The first-order chi connectivity index (χ1) is 11.1. The van der Waals surface area contributed by atoms with Gasteiger partial charge >= 0.3 is 12.1 Å². The zero-order valence-corrected chi connectivity index (χ0v) is 13.2. The molecule has 0 amide bonds. The summed E-state index contributed by atoms with van der Waals surface area (Å²) >= 11 is 0. The molecule has 1 N–H and O–H groups in total. The van der Waals surface area contributed by atoms with E-state index in [1.54, 1.807) is 29.0 Å². The molecule has 0 aliphatic heterocycles. The standard InChI is InChI=1S/C14H13F3N2O4S/c1-23-13(20)12(7-14(15,16)17)19-24(21,22)10-6-9-4-2-3-5-11(9)18-8-10/h2-6,8,12,19H,7H2,1H3. The number of methoxy groups -OCH3 is 1. The average molecular weight is 362 g/mol. The first kappa shape index (κ1) is 18.1. The van der Waals surface area contributed by atoms with Gasteiger partial charge in [0.25, 0.3) is 0 Å². The number of halogens is 3. The number of para-hydroxylation sites is 1. The van der Waals surface area contributed by atoms with E-state index in [1.165, 1.54) is 6.07 Å². The maximum absolute atomic E-state index is 12.5. The lowest BCUT2D eigenvalue weighted by atomic mass is 10.2. The molecule has 1 aromatic carbocycles. The Hall–Kier alpha value is -2.20. The van der Waals surface area contributed by atoms with E-state index in [2.05, 4.69) is 9.72 Å². The van der Waals surface area contributed by atoms with Crippen molar-refractivity contribution in [2.75, 3.05) is 7.11 Å². The van der Waals surface area contributed by atoms with Crippen molar-refractivity contribution in [3.63, 3.8) is 0 Å². The number of carbonyl (C=O) groups is 1. The Balaban J connectivity index is 2.34. The Morgan fingerprint density at radius 1 is 1.33 bits per heavy atom. The Kier molecular flexibility index (Phi) is 5.09. The minimum atomic E-state index is -4.75. The summed E-state index contributed by atoms with van der Waals surface area (Å²) in [5.74, 6) is -1.33. The van der Waals surface area contributed by atoms with Gasteiger partial charge in [0.15, 0.2) is 0 Å². The third-order valence-electron chi connectivity index (χ3n) is 3.09. The Labute approximate surface area is 135 Å². The number of benzene rings is 1. The fraction of sp³-hybridized carbons (Fsp3) is 0.286. The molecule has 0 saturated heterocycles. The van der Waals surface area contributed by atoms with Crippen molar-refractivity contribution in [2.24, 2.45) is 0 Å². The van der Waals surface area contributed by atoms with Gasteiger partial charge in [0.1, 0.15) is 10.9 Å². The molecule has 0 fully saturated rings. The van der Waals surface area contributed by atoms with Crippen molar-refractivity contribution in [3.8, 4) is 0 Å². The largest absolute Gasteiger partial charge is 0.468 e. The Morgan fingerprint density at radius 3 is 2.62 bits per heavy atom. The summed E-state index contributed by atoms with van der Waals surface area (Å²) in [5, 5.41) is 0.491. The molecule has 0 aliphatic rings. The number of hydrogen-bond donors (Lipinski definition) is 1. The summed E-state index contributed by atoms with van der Waals surface area (Å²) in [6.45, 7) is 0. The van der Waals surface area contributed by atoms with Gasteiger partial charge in [-0.05, 0) is 12.1 Å². The zero-order chi connectivity index (χ0) is 18.0. The van der Waals surface area contributed by atoms with Crippen molar-refractivity contribution < 1.29 is 31.1 Å². The highest BCUT2D eigenvalue weighted by Crippen LogP contribution is 2.23. The number of pyridine rings is 1. The molecule has 0 saturated carbocycles. The zero-order valence-electron chi connectivity index (χ0n) is 12.4. The minimum absolute atomic E-state index is 0.350. The van der Waals surface area contributed by atoms with Crippen LogP contribution in [-0.2, 0) is 19.6 Å². The molecule has 130 valence electrons. The van der Waals surface area contributed by atoms with Crippen molar-refractivity contribution in [2.45, 2.75) is 23.5 Å². The number of ether oxygens (including phenoxy) is 1. The second-order valence-electron chi connectivity index (χ2n) is 4.88. The van der Waals surface area contributed by atoms with E-state index in [1.807, 2.05) is 0 Å². The fourth-order valence-electron chi connectivity index (χ4n) is 2.00. The van der Waals surface area contributed by atoms with Crippen LogP contribution in [0.5, 0.6) is 0 Å². The van der Waals surface area contributed by atoms with Crippen LogP contribution >= 0.6 is 0 Å². The van der Waals surface area contributed by atoms with E-state index >= 15 is 0 Å². The lowest BCUT2D eigenvalue weighted by molar-refractivity contribution is -0.159. The summed E-state index contributed by atoms with van der Waals surface area (Å²) in [5.41, 5.74) is 0.524. The first-order valence-electron chi connectivity index (χ1n) is 6.64. The van der Waals surface area contributed by atoms with Gasteiger partial charge in [-0.15, -0.1) is 0 Å². The second-order valence-corrected chi connectivity index (χ2v) is 6.59. The van der Waals surface area contributed by atoms with Crippen molar-refractivity contribution in [3.05, 3.63) is 36.5 Å². The highest BCUT2D eigenvalue weighted by Gasteiger charge is 2.38. The van der Waals surface area contributed by atoms with Crippen molar-refractivity contribution in [1.82, 2.24) is 9.71 Å². The highest BCUT2D eigenvalue weighted by atomic mass is 32.2. The van der Waals surface area contributed by atoms with Crippen LogP contribution in [0.2, 0.25) is 0 Å². The number of sulfonamides is 1. The Morgan fingerprint density at radius 2 is 2.00 bits per heavy atom. The number of carbonyl (C=O) groups excluding carboxylic acids is 1. The lowest BCUT2D eigenvalue weighted by Crippen LogP contribution is -2.44. The molecule has 0 bridgehead atoms. The molecule has 0 spiro atoms. The molecule has 0 radical (unpaired) electrons. The predicted molar refractivity (Wildman–Crippen MR) is 78.5 cm³/mol. The summed E-state index contributed by atoms with van der Waals surface area (Å²) < 4.78 is 68.1. The molecule has 0 aliphatic carbocycles. The molecule has 2 rings (SSSR count). The van der Waals surface area contributed by atoms with E-state index in [-0.39, 0.29) is 4.90 Å². The normalized spacial score (nSPS) is 13.7. The molecular formula is C14H13F3N2O4S. The average Bonchev–Trinajstić information content (AvgIpc) is 2.51. The van der Waals surface area contributed by atoms with Crippen LogP contribution in [0.15, 0.2) is 41.4 Å². The van der Waals surface area contributed by atoms with E-state index < -0.39 is 34.6 Å². The molecule has 1 heterocycles. The number of nitrogens with zero attached hydrogens (tertiary/aromatic N) is 1. The summed E-state index contributed by atoms with van der Waals surface area (Å²) in [7, 11) is -3.52. The van der Waals surface area contributed by atoms with Gasteiger partial charge in [0.05, 0.1) is 19.0 Å². The molecule has 1 aromatic heterocycles. The van der Waals surface area contributed by atoms with Crippen molar-refractivity contribution in [1.29, 1.82) is 0 Å². The van der Waals surface area contributed by atoms with E-state index in [9.17, 15) is 26.4 Å². The maximum atomic E-state index is 12.5. The monoisotopic (exact) mass is 362 g/mol. The molecule has 1 unspecified atom stereocenters. The van der Waals surface area contributed by atoms with Crippen LogP contribution in [0.1, 0.15) is 6.42 Å². The topological polar surface area (TPSA) is 85.4 Å². The van der Waals surface area contributed by atoms with E-state index in [0.29, 0.717) is 10.9 Å². The van der Waals surface area contributed by atoms with Crippen LogP contribution in [0.25, 0.3) is 10.9 Å². The van der Waals surface area contributed by atoms with E-state index in [0.717, 1.165) is 13.3 Å². The minimum Gasteiger partial charge on any atom is -0.468 e. The number of nitrogens with one attached hydrogen (secondary N) is 1.